The van der Waals surface area contributed by atoms with Gasteiger partial charge in [0.15, 0.2) is 0 Å². The normalized spacial score (nSPS) is 10.7. The van der Waals surface area contributed by atoms with Crippen LogP contribution in [0.2, 0.25) is 9.36 Å². The zero-order chi connectivity index (χ0) is 10.3. The highest BCUT2D eigenvalue weighted by Gasteiger charge is 2.16. The molecule has 0 spiro atoms. The Morgan fingerprint density at radius 2 is 2.07 bits per heavy atom. The molecule has 0 saturated carbocycles. The first-order chi connectivity index (χ1) is 6.59. The predicted molar refractivity (Wildman–Crippen MR) is 58.5 cm³/mol. The summed E-state index contributed by atoms with van der Waals surface area (Å²) in [6, 6.07) is 4.67. The fraction of sp³-hybridized carbons (Fsp3) is 0. The Labute approximate surface area is 93.0 Å². The third-order valence-electron chi connectivity index (χ3n) is 1.78. The molecular formula is C8H3Cl2NO2S. The largest absolute Gasteiger partial charge is 0.288 e. The molecule has 0 aliphatic carbocycles. The number of benzene rings is 1. The lowest BCUT2D eigenvalue weighted by molar-refractivity contribution is -0.384. The smallest absolute Gasteiger partial charge is 0.258 e. The summed E-state index contributed by atoms with van der Waals surface area (Å²) in [6.07, 6.45) is 0. The summed E-state index contributed by atoms with van der Waals surface area (Å²) in [6.45, 7) is 0. The van der Waals surface area contributed by atoms with Crippen molar-refractivity contribution < 1.29 is 4.92 Å². The number of nitro benzene ring substituents is 1. The number of nitro groups is 1. The lowest BCUT2D eigenvalue weighted by Gasteiger charge is -1.95. The lowest BCUT2D eigenvalue weighted by Crippen LogP contribution is -1.88. The number of nitrogens with zero attached hydrogens (tertiary/aromatic N) is 1. The van der Waals surface area contributed by atoms with E-state index in [2.05, 4.69) is 0 Å². The highest BCUT2D eigenvalue weighted by molar-refractivity contribution is 7.22. The molecule has 0 aliphatic rings. The second-order valence-corrected chi connectivity index (χ2v) is 4.71. The minimum Gasteiger partial charge on any atom is -0.258 e. The van der Waals surface area contributed by atoms with Crippen LogP contribution < -0.4 is 0 Å². The summed E-state index contributed by atoms with van der Waals surface area (Å²) in [5.74, 6) is 0. The Kier molecular flexibility index (Phi) is 2.34. The first-order valence-electron chi connectivity index (χ1n) is 3.61. The van der Waals surface area contributed by atoms with Gasteiger partial charge in [0.1, 0.15) is 5.02 Å². The fourth-order valence-electron chi connectivity index (χ4n) is 1.18. The van der Waals surface area contributed by atoms with Gasteiger partial charge in [-0.2, -0.15) is 0 Å². The van der Waals surface area contributed by atoms with Crippen LogP contribution in [0.25, 0.3) is 10.1 Å². The molecular weight excluding hydrogens is 245 g/mol. The molecule has 72 valence electrons. The molecule has 0 N–H and O–H groups in total. The van der Waals surface area contributed by atoms with E-state index < -0.39 is 4.92 Å². The number of fused-ring (bicyclic) bond motifs is 1. The zero-order valence-electron chi connectivity index (χ0n) is 6.66. The van der Waals surface area contributed by atoms with Crippen LogP contribution in [0, 0.1) is 10.1 Å². The van der Waals surface area contributed by atoms with Gasteiger partial charge in [0.2, 0.25) is 0 Å². The maximum Gasteiger partial charge on any atom is 0.288 e. The molecule has 2 rings (SSSR count). The van der Waals surface area contributed by atoms with Gasteiger partial charge in [-0.05, 0) is 12.1 Å². The van der Waals surface area contributed by atoms with Crippen LogP contribution >= 0.6 is 34.5 Å². The van der Waals surface area contributed by atoms with Crippen LogP contribution in [-0.2, 0) is 0 Å². The Balaban J connectivity index is 2.80. The number of halogens is 2. The summed E-state index contributed by atoms with van der Waals surface area (Å²) in [5, 5.41) is 11.3. The van der Waals surface area contributed by atoms with E-state index in [1.165, 1.54) is 17.4 Å². The Morgan fingerprint density at radius 1 is 1.36 bits per heavy atom. The lowest BCUT2D eigenvalue weighted by atomic mass is 10.2. The van der Waals surface area contributed by atoms with Crippen LogP contribution in [-0.4, -0.2) is 4.92 Å². The van der Waals surface area contributed by atoms with Crippen molar-refractivity contribution in [3.8, 4) is 0 Å². The van der Waals surface area contributed by atoms with Gasteiger partial charge in [0.05, 0.1) is 9.26 Å². The number of hydrogen-bond donors (Lipinski definition) is 0. The summed E-state index contributed by atoms with van der Waals surface area (Å²) < 4.78 is 1.42. The average molecular weight is 248 g/mol. The second-order valence-electron chi connectivity index (χ2n) is 2.62. The molecule has 3 nitrogen and oxygen atoms in total. The summed E-state index contributed by atoms with van der Waals surface area (Å²) >= 11 is 13.0. The fourth-order valence-corrected chi connectivity index (χ4v) is 2.67. The van der Waals surface area contributed by atoms with Gasteiger partial charge in [-0.3, -0.25) is 10.1 Å². The average Bonchev–Trinajstić information content (AvgIpc) is 2.46. The monoisotopic (exact) mass is 247 g/mol. The minimum atomic E-state index is -0.507. The van der Waals surface area contributed by atoms with Crippen molar-refractivity contribution in [3.63, 3.8) is 0 Å². The molecule has 0 radical (unpaired) electrons. The molecule has 14 heavy (non-hydrogen) atoms. The molecule has 0 fully saturated rings. The number of rotatable bonds is 1. The number of hydrogen-bond acceptors (Lipinski definition) is 3. The first-order valence-corrected chi connectivity index (χ1v) is 5.19. The van der Waals surface area contributed by atoms with E-state index in [9.17, 15) is 10.1 Å². The maximum absolute atomic E-state index is 10.6. The van der Waals surface area contributed by atoms with Crippen molar-refractivity contribution in [2.45, 2.75) is 0 Å². The van der Waals surface area contributed by atoms with Crippen LogP contribution in [0.3, 0.4) is 0 Å². The van der Waals surface area contributed by atoms with Crippen molar-refractivity contribution in [1.29, 1.82) is 0 Å². The van der Waals surface area contributed by atoms with Gasteiger partial charge >= 0.3 is 0 Å². The van der Waals surface area contributed by atoms with Crippen LogP contribution in [0.4, 0.5) is 5.69 Å². The van der Waals surface area contributed by atoms with Crippen LogP contribution in [0.1, 0.15) is 0 Å². The molecule has 6 heteroatoms. The molecule has 0 saturated heterocycles. The molecule has 1 heterocycles. The van der Waals surface area contributed by atoms with Gasteiger partial charge in [0.25, 0.3) is 5.69 Å². The van der Waals surface area contributed by atoms with E-state index in [4.69, 9.17) is 23.2 Å². The molecule has 0 atom stereocenters. The molecule has 0 bridgehead atoms. The van der Waals surface area contributed by atoms with Crippen molar-refractivity contribution in [2.75, 3.05) is 0 Å². The van der Waals surface area contributed by atoms with Gasteiger partial charge in [-0.25, -0.2) is 0 Å². The quantitative estimate of drug-likeness (QED) is 0.562. The van der Waals surface area contributed by atoms with Gasteiger partial charge in [-0.1, -0.05) is 23.2 Å². The van der Waals surface area contributed by atoms with E-state index >= 15 is 0 Å². The van der Waals surface area contributed by atoms with E-state index in [1.54, 1.807) is 12.1 Å². The predicted octanol–water partition coefficient (Wildman–Crippen LogP) is 4.12. The zero-order valence-corrected chi connectivity index (χ0v) is 8.99. The molecule has 1 aromatic heterocycles. The Morgan fingerprint density at radius 3 is 2.71 bits per heavy atom. The van der Waals surface area contributed by atoms with E-state index in [-0.39, 0.29) is 10.7 Å². The highest BCUT2D eigenvalue weighted by Crippen LogP contribution is 2.38. The minimum absolute atomic E-state index is 0.0892. The molecule has 0 aliphatic heterocycles. The standard InChI is InChI=1S/C8H3Cl2NO2S/c9-7-3-4-6(14-7)2-1-5(8(4)10)11(12)13/h1-3H. The topological polar surface area (TPSA) is 43.1 Å². The maximum atomic E-state index is 10.6. The van der Waals surface area contributed by atoms with Gasteiger partial charge in [0, 0.05) is 16.2 Å². The van der Waals surface area contributed by atoms with Crippen molar-refractivity contribution in [2.24, 2.45) is 0 Å². The number of thiophene rings is 1. The summed E-state index contributed by atoms with van der Waals surface area (Å²) in [7, 11) is 0. The third kappa shape index (κ3) is 1.45. The summed E-state index contributed by atoms with van der Waals surface area (Å²) in [5.41, 5.74) is -0.0892. The van der Waals surface area contributed by atoms with Crippen molar-refractivity contribution >= 4 is 50.3 Å². The SMILES string of the molecule is O=[N+]([O-])c1ccc2sc(Cl)cc2c1Cl. The van der Waals surface area contributed by atoms with Gasteiger partial charge < -0.3 is 0 Å². The highest BCUT2D eigenvalue weighted by atomic mass is 35.5. The molecule has 0 unspecified atom stereocenters. The molecule has 0 amide bonds. The van der Waals surface area contributed by atoms with Crippen LogP contribution in [0.5, 0.6) is 0 Å². The first kappa shape index (κ1) is 9.71. The molecule has 2 aromatic rings. The second kappa shape index (κ2) is 3.38. The van der Waals surface area contributed by atoms with E-state index in [0.29, 0.717) is 9.72 Å². The van der Waals surface area contributed by atoms with Gasteiger partial charge in [-0.15, -0.1) is 11.3 Å². The van der Waals surface area contributed by atoms with Crippen LogP contribution in [0.15, 0.2) is 18.2 Å². The summed E-state index contributed by atoms with van der Waals surface area (Å²) in [4.78, 5) is 10.1. The molecule has 1 aromatic carbocycles. The van der Waals surface area contributed by atoms with Crippen molar-refractivity contribution in [3.05, 3.63) is 37.7 Å². The Bertz CT molecular complexity index is 523. The Hall–Kier alpha value is -0.840. The third-order valence-corrected chi connectivity index (χ3v) is 3.41. The van der Waals surface area contributed by atoms with E-state index in [1.807, 2.05) is 0 Å². The van der Waals surface area contributed by atoms with Crippen molar-refractivity contribution in [1.82, 2.24) is 0 Å². The van der Waals surface area contributed by atoms with E-state index in [0.717, 1.165) is 4.70 Å².